The second kappa shape index (κ2) is 4.67. The zero-order valence-corrected chi connectivity index (χ0v) is 10.1. The molecule has 1 aromatic rings. The molecule has 0 aliphatic carbocycles. The molecule has 0 amide bonds. The molecule has 14 heavy (non-hydrogen) atoms. The summed E-state index contributed by atoms with van der Waals surface area (Å²) >= 11 is 12.2. The molecule has 7 heteroatoms. The number of nitrogens with zero attached hydrogens (tertiary/aromatic N) is 1. The molecule has 0 bridgehead atoms. The molecule has 0 fully saturated rings. The van der Waals surface area contributed by atoms with Crippen molar-refractivity contribution in [3.05, 3.63) is 26.0 Å². The standard InChI is InChI=1S/C7H2Cl2F2INO/c8-5-4(7(10)11)2(12)1-3(13-5)6(9)14/h1,7H. The molecular formula is C7H2Cl2F2INO. The van der Waals surface area contributed by atoms with Crippen molar-refractivity contribution in [1.29, 1.82) is 0 Å². The summed E-state index contributed by atoms with van der Waals surface area (Å²) in [5.74, 6) is 0. The van der Waals surface area contributed by atoms with E-state index in [0.29, 0.717) is 0 Å². The van der Waals surface area contributed by atoms with Gasteiger partial charge in [-0.15, -0.1) is 0 Å². The van der Waals surface area contributed by atoms with Gasteiger partial charge in [-0.25, -0.2) is 13.8 Å². The fourth-order valence-electron chi connectivity index (χ4n) is 0.790. The van der Waals surface area contributed by atoms with Crippen molar-refractivity contribution < 1.29 is 13.6 Å². The van der Waals surface area contributed by atoms with Crippen LogP contribution in [-0.2, 0) is 0 Å². The smallest absolute Gasteiger partial charge is 0.270 e. The van der Waals surface area contributed by atoms with E-state index in [1.165, 1.54) is 6.07 Å². The Kier molecular flexibility index (Phi) is 4.03. The third-order valence-electron chi connectivity index (χ3n) is 1.38. The molecule has 0 aromatic carbocycles. The summed E-state index contributed by atoms with van der Waals surface area (Å²) in [6, 6.07) is 1.17. The fraction of sp³-hybridized carbons (Fsp3) is 0.143. The Balaban J connectivity index is 3.32. The van der Waals surface area contributed by atoms with Crippen molar-refractivity contribution in [1.82, 2.24) is 4.98 Å². The lowest BCUT2D eigenvalue weighted by molar-refractivity contribution is 0.107. The Morgan fingerprint density at radius 2 is 2.14 bits per heavy atom. The average molecular weight is 352 g/mol. The van der Waals surface area contributed by atoms with E-state index in [0.717, 1.165) is 0 Å². The summed E-state index contributed by atoms with van der Waals surface area (Å²) in [6.07, 6.45) is -2.72. The number of pyridine rings is 1. The number of rotatable bonds is 2. The Hall–Kier alpha value is -0.0100. The van der Waals surface area contributed by atoms with Crippen LogP contribution < -0.4 is 0 Å². The summed E-state index contributed by atoms with van der Waals surface area (Å²) in [6.45, 7) is 0. The van der Waals surface area contributed by atoms with Gasteiger partial charge in [0.2, 0.25) is 0 Å². The summed E-state index contributed by atoms with van der Waals surface area (Å²) in [4.78, 5) is 14.1. The van der Waals surface area contributed by atoms with Gasteiger partial charge in [-0.1, -0.05) is 11.6 Å². The number of hydrogen-bond acceptors (Lipinski definition) is 2. The highest BCUT2D eigenvalue weighted by Gasteiger charge is 2.19. The van der Waals surface area contributed by atoms with Gasteiger partial charge < -0.3 is 0 Å². The van der Waals surface area contributed by atoms with Crippen molar-refractivity contribution in [2.45, 2.75) is 6.43 Å². The van der Waals surface area contributed by atoms with E-state index in [2.05, 4.69) is 4.98 Å². The van der Waals surface area contributed by atoms with E-state index in [1.807, 2.05) is 0 Å². The molecule has 1 rings (SSSR count). The maximum atomic E-state index is 12.4. The number of carbonyl (C=O) groups is 1. The van der Waals surface area contributed by atoms with Crippen molar-refractivity contribution in [3.8, 4) is 0 Å². The van der Waals surface area contributed by atoms with Crippen LogP contribution in [0.1, 0.15) is 22.5 Å². The van der Waals surface area contributed by atoms with Crippen molar-refractivity contribution in [2.75, 3.05) is 0 Å². The molecule has 0 aliphatic rings. The lowest BCUT2D eigenvalue weighted by Crippen LogP contribution is -2.01. The molecule has 1 heterocycles. The largest absolute Gasteiger partial charge is 0.274 e. The molecule has 0 N–H and O–H groups in total. The zero-order chi connectivity index (χ0) is 10.9. The van der Waals surface area contributed by atoms with E-state index in [-0.39, 0.29) is 14.8 Å². The van der Waals surface area contributed by atoms with Gasteiger partial charge in [-0.05, 0) is 40.3 Å². The first-order valence-electron chi connectivity index (χ1n) is 3.27. The van der Waals surface area contributed by atoms with E-state index in [1.54, 1.807) is 22.6 Å². The van der Waals surface area contributed by atoms with Gasteiger partial charge in [0.15, 0.2) is 0 Å². The van der Waals surface area contributed by atoms with Crippen LogP contribution in [0.4, 0.5) is 8.78 Å². The van der Waals surface area contributed by atoms with Gasteiger partial charge in [0.1, 0.15) is 10.8 Å². The molecule has 0 saturated carbocycles. The minimum Gasteiger partial charge on any atom is -0.274 e. The minimum absolute atomic E-state index is 0.134. The summed E-state index contributed by atoms with van der Waals surface area (Å²) in [7, 11) is 0. The second-order valence-corrected chi connectivity index (χ2v) is 4.13. The predicted molar refractivity (Wildman–Crippen MR) is 57.1 cm³/mol. The lowest BCUT2D eigenvalue weighted by Gasteiger charge is -2.05. The first kappa shape index (κ1) is 12.1. The van der Waals surface area contributed by atoms with E-state index in [4.69, 9.17) is 23.2 Å². The van der Waals surface area contributed by atoms with Crippen molar-refractivity contribution in [2.24, 2.45) is 0 Å². The Bertz CT molecular complexity index is 363. The third kappa shape index (κ3) is 2.52. The maximum absolute atomic E-state index is 12.4. The van der Waals surface area contributed by atoms with Crippen LogP contribution in [0.3, 0.4) is 0 Å². The van der Waals surface area contributed by atoms with Gasteiger partial charge in [0.05, 0.1) is 5.56 Å². The topological polar surface area (TPSA) is 30.0 Å². The quantitative estimate of drug-likeness (QED) is 0.462. The highest BCUT2D eigenvalue weighted by Crippen LogP contribution is 2.30. The molecule has 0 spiro atoms. The maximum Gasteiger partial charge on any atom is 0.270 e. The average Bonchev–Trinajstić information content (AvgIpc) is 2.01. The van der Waals surface area contributed by atoms with Crippen LogP contribution >= 0.6 is 45.8 Å². The van der Waals surface area contributed by atoms with Crippen molar-refractivity contribution in [3.63, 3.8) is 0 Å². The first-order chi connectivity index (χ1) is 6.43. The monoisotopic (exact) mass is 351 g/mol. The van der Waals surface area contributed by atoms with E-state index < -0.39 is 16.8 Å². The Morgan fingerprint density at radius 1 is 1.57 bits per heavy atom. The molecule has 0 unspecified atom stereocenters. The van der Waals surface area contributed by atoms with Crippen LogP contribution in [0.5, 0.6) is 0 Å². The van der Waals surface area contributed by atoms with E-state index >= 15 is 0 Å². The minimum atomic E-state index is -2.72. The summed E-state index contributed by atoms with van der Waals surface area (Å²) in [5, 5.41) is -1.22. The third-order valence-corrected chi connectivity index (χ3v) is 2.76. The van der Waals surface area contributed by atoms with Gasteiger partial charge in [0.25, 0.3) is 11.7 Å². The van der Waals surface area contributed by atoms with Gasteiger partial charge in [-0.3, -0.25) is 4.79 Å². The summed E-state index contributed by atoms with van der Waals surface area (Å²) < 4.78 is 24.9. The van der Waals surface area contributed by atoms with Gasteiger partial charge >= 0.3 is 0 Å². The van der Waals surface area contributed by atoms with Crippen LogP contribution in [0.2, 0.25) is 5.15 Å². The molecular weight excluding hydrogens is 350 g/mol. The van der Waals surface area contributed by atoms with Crippen LogP contribution in [0.15, 0.2) is 6.07 Å². The van der Waals surface area contributed by atoms with Crippen molar-refractivity contribution >= 4 is 51.0 Å². The van der Waals surface area contributed by atoms with E-state index in [9.17, 15) is 13.6 Å². The lowest BCUT2D eigenvalue weighted by atomic mass is 10.2. The SMILES string of the molecule is O=C(Cl)c1cc(I)c(C(F)F)c(Cl)n1. The van der Waals surface area contributed by atoms with Gasteiger partial charge in [-0.2, -0.15) is 0 Å². The first-order valence-corrected chi connectivity index (χ1v) is 5.11. The van der Waals surface area contributed by atoms with Crippen LogP contribution in [0, 0.1) is 3.57 Å². The second-order valence-electron chi connectivity index (χ2n) is 2.27. The fourth-order valence-corrected chi connectivity index (χ4v) is 2.11. The number of hydrogen-bond donors (Lipinski definition) is 0. The van der Waals surface area contributed by atoms with Gasteiger partial charge in [0, 0.05) is 3.57 Å². The summed E-state index contributed by atoms with van der Waals surface area (Å²) in [5.41, 5.74) is -0.514. The van der Waals surface area contributed by atoms with Crippen LogP contribution in [0.25, 0.3) is 0 Å². The number of alkyl halides is 2. The molecule has 76 valence electrons. The molecule has 0 radical (unpaired) electrons. The molecule has 0 saturated heterocycles. The Labute approximate surface area is 102 Å². The highest BCUT2D eigenvalue weighted by molar-refractivity contribution is 14.1. The highest BCUT2D eigenvalue weighted by atomic mass is 127. The number of halogens is 5. The molecule has 2 nitrogen and oxygen atoms in total. The predicted octanol–water partition coefficient (Wildman–Crippen LogP) is 3.66. The van der Waals surface area contributed by atoms with Crippen LogP contribution in [-0.4, -0.2) is 10.2 Å². The molecule has 0 aliphatic heterocycles. The normalized spacial score (nSPS) is 10.7. The molecule has 0 atom stereocenters. The zero-order valence-electron chi connectivity index (χ0n) is 6.40. The number of aromatic nitrogens is 1. The Morgan fingerprint density at radius 3 is 2.50 bits per heavy atom. The molecule has 1 aromatic heterocycles. The number of carbonyl (C=O) groups excluding carboxylic acids is 1.